The molecule has 3 nitrogen and oxygen atoms in total. The first-order valence-corrected chi connectivity index (χ1v) is 8.02. The van der Waals surface area contributed by atoms with E-state index in [1.54, 1.807) is 6.92 Å². The summed E-state index contributed by atoms with van der Waals surface area (Å²) in [6.07, 6.45) is -4.46. The lowest BCUT2D eigenvalue weighted by Crippen LogP contribution is -2.33. The second kappa shape index (κ2) is 4.99. The molecule has 1 atom stereocenters. The molecule has 0 bridgehead atoms. The van der Waals surface area contributed by atoms with Crippen molar-refractivity contribution in [3.8, 4) is 0 Å². The number of thioether (sulfide) groups is 1. The van der Waals surface area contributed by atoms with Crippen LogP contribution in [0.5, 0.6) is 0 Å². The van der Waals surface area contributed by atoms with Crippen molar-refractivity contribution >= 4 is 21.8 Å². The van der Waals surface area contributed by atoms with Gasteiger partial charge in [-0.25, -0.2) is 8.42 Å². The lowest BCUT2D eigenvalue weighted by Gasteiger charge is -2.20. The van der Waals surface area contributed by atoms with E-state index in [9.17, 15) is 21.6 Å². The number of sulfonamides is 1. The number of rotatable bonds is 2. The maximum absolute atomic E-state index is 12.4. The minimum Gasteiger partial charge on any atom is -0.207 e. The van der Waals surface area contributed by atoms with Gasteiger partial charge in [0, 0.05) is 12.3 Å². The fourth-order valence-electron chi connectivity index (χ4n) is 1.85. The maximum atomic E-state index is 12.4. The van der Waals surface area contributed by atoms with Crippen LogP contribution < -0.4 is 0 Å². The second-order valence-electron chi connectivity index (χ2n) is 4.11. The average Bonchev–Trinajstić information content (AvgIpc) is 2.75. The molecule has 0 amide bonds. The quantitative estimate of drug-likeness (QED) is 0.843. The highest BCUT2D eigenvalue weighted by Gasteiger charge is 2.34. The Morgan fingerprint density at radius 3 is 2.26 bits per heavy atom. The molecule has 19 heavy (non-hydrogen) atoms. The van der Waals surface area contributed by atoms with Crippen molar-refractivity contribution in [2.75, 3.05) is 12.3 Å². The highest BCUT2D eigenvalue weighted by Crippen LogP contribution is 2.32. The van der Waals surface area contributed by atoms with Gasteiger partial charge in [-0.05, 0) is 31.2 Å². The van der Waals surface area contributed by atoms with Gasteiger partial charge in [0.05, 0.1) is 15.8 Å². The molecule has 0 aliphatic carbocycles. The van der Waals surface area contributed by atoms with Gasteiger partial charge in [0.1, 0.15) is 0 Å². The summed E-state index contributed by atoms with van der Waals surface area (Å²) in [5.74, 6) is 0.695. The van der Waals surface area contributed by atoms with Gasteiger partial charge in [-0.15, -0.1) is 11.8 Å². The van der Waals surface area contributed by atoms with Crippen molar-refractivity contribution in [1.82, 2.24) is 4.31 Å². The van der Waals surface area contributed by atoms with E-state index in [4.69, 9.17) is 0 Å². The highest BCUT2D eigenvalue weighted by atomic mass is 32.2. The number of halogens is 3. The first-order chi connectivity index (χ1) is 8.73. The third-order valence-corrected chi connectivity index (χ3v) is 6.14. The average molecular weight is 311 g/mol. The molecule has 0 N–H and O–H groups in total. The molecule has 1 aromatic carbocycles. The molecule has 1 aliphatic rings. The molecular weight excluding hydrogens is 299 g/mol. The Hall–Kier alpha value is -0.730. The molecular formula is C11H12F3NO2S2. The molecule has 0 saturated carbocycles. The predicted octanol–water partition coefficient (Wildman–Crippen LogP) is 2.79. The largest absolute Gasteiger partial charge is 0.416 e. The van der Waals surface area contributed by atoms with Crippen molar-refractivity contribution in [3.63, 3.8) is 0 Å². The monoisotopic (exact) mass is 311 g/mol. The minimum absolute atomic E-state index is 0.102. The Morgan fingerprint density at radius 2 is 1.84 bits per heavy atom. The van der Waals surface area contributed by atoms with Gasteiger partial charge in [0.15, 0.2) is 0 Å². The van der Waals surface area contributed by atoms with Crippen LogP contribution in [0.25, 0.3) is 0 Å². The fraction of sp³-hybridized carbons (Fsp3) is 0.455. The van der Waals surface area contributed by atoms with Crippen LogP contribution in [-0.2, 0) is 16.2 Å². The predicted molar refractivity (Wildman–Crippen MR) is 67.3 cm³/mol. The molecule has 0 spiro atoms. The zero-order valence-corrected chi connectivity index (χ0v) is 11.6. The normalized spacial score (nSPS) is 21.8. The van der Waals surface area contributed by atoms with Crippen molar-refractivity contribution in [1.29, 1.82) is 0 Å². The van der Waals surface area contributed by atoms with Gasteiger partial charge in [0.2, 0.25) is 10.0 Å². The summed E-state index contributed by atoms with van der Waals surface area (Å²) in [4.78, 5) is -0.102. The summed E-state index contributed by atoms with van der Waals surface area (Å²) in [5.41, 5.74) is -0.852. The van der Waals surface area contributed by atoms with E-state index < -0.39 is 21.8 Å². The number of benzene rings is 1. The summed E-state index contributed by atoms with van der Waals surface area (Å²) in [5, 5.41) is -0.188. The topological polar surface area (TPSA) is 37.4 Å². The van der Waals surface area contributed by atoms with Gasteiger partial charge in [-0.3, -0.25) is 0 Å². The van der Waals surface area contributed by atoms with Gasteiger partial charge >= 0.3 is 6.18 Å². The van der Waals surface area contributed by atoms with E-state index in [1.165, 1.54) is 16.1 Å². The molecule has 1 fully saturated rings. The van der Waals surface area contributed by atoms with E-state index in [1.807, 2.05) is 0 Å². The first kappa shape index (κ1) is 14.7. The number of hydrogen-bond acceptors (Lipinski definition) is 3. The van der Waals surface area contributed by atoms with E-state index >= 15 is 0 Å². The summed E-state index contributed by atoms with van der Waals surface area (Å²) < 4.78 is 63.0. The van der Waals surface area contributed by atoms with Crippen LogP contribution in [0.1, 0.15) is 12.5 Å². The fourth-order valence-corrected chi connectivity index (χ4v) is 4.87. The third kappa shape index (κ3) is 2.90. The van der Waals surface area contributed by atoms with E-state index in [0.717, 1.165) is 24.3 Å². The molecule has 1 aliphatic heterocycles. The number of nitrogens with zero attached hydrogens (tertiary/aromatic N) is 1. The van der Waals surface area contributed by atoms with Gasteiger partial charge < -0.3 is 0 Å². The highest BCUT2D eigenvalue weighted by molar-refractivity contribution is 8.01. The lowest BCUT2D eigenvalue weighted by atomic mass is 10.2. The van der Waals surface area contributed by atoms with Crippen LogP contribution in [-0.4, -0.2) is 30.4 Å². The molecule has 106 valence electrons. The summed E-state index contributed by atoms with van der Waals surface area (Å²) in [6.45, 7) is 2.15. The van der Waals surface area contributed by atoms with E-state index in [2.05, 4.69) is 0 Å². The smallest absolute Gasteiger partial charge is 0.207 e. The van der Waals surface area contributed by atoms with Crippen LogP contribution in [0.15, 0.2) is 29.2 Å². The van der Waals surface area contributed by atoms with Crippen LogP contribution in [0.4, 0.5) is 13.2 Å². The third-order valence-electron chi connectivity index (χ3n) is 2.86. The van der Waals surface area contributed by atoms with Crippen molar-refractivity contribution in [2.24, 2.45) is 0 Å². The molecule has 1 heterocycles. The van der Waals surface area contributed by atoms with Crippen molar-refractivity contribution < 1.29 is 21.6 Å². The summed E-state index contributed by atoms with van der Waals surface area (Å²) in [7, 11) is -3.70. The maximum Gasteiger partial charge on any atom is 0.416 e. The summed E-state index contributed by atoms with van der Waals surface area (Å²) >= 11 is 1.50. The summed E-state index contributed by atoms with van der Waals surface area (Å²) in [6, 6.07) is 3.60. The van der Waals surface area contributed by atoms with E-state index in [0.29, 0.717) is 12.3 Å². The Balaban J connectivity index is 2.32. The van der Waals surface area contributed by atoms with E-state index in [-0.39, 0.29) is 10.3 Å². The Bertz CT molecular complexity index is 554. The van der Waals surface area contributed by atoms with Gasteiger partial charge in [0.25, 0.3) is 0 Å². The molecule has 1 saturated heterocycles. The number of alkyl halides is 3. The number of hydrogen-bond donors (Lipinski definition) is 0. The van der Waals surface area contributed by atoms with Crippen LogP contribution >= 0.6 is 11.8 Å². The van der Waals surface area contributed by atoms with Crippen molar-refractivity contribution in [2.45, 2.75) is 23.4 Å². The Labute approximate surface area is 113 Å². The van der Waals surface area contributed by atoms with Crippen LogP contribution in [0, 0.1) is 0 Å². The second-order valence-corrected chi connectivity index (χ2v) is 7.42. The zero-order chi connectivity index (χ0) is 14.3. The molecule has 1 aromatic rings. The molecule has 0 aromatic heterocycles. The molecule has 1 unspecified atom stereocenters. The molecule has 0 radical (unpaired) electrons. The Morgan fingerprint density at radius 1 is 1.26 bits per heavy atom. The molecule has 8 heteroatoms. The minimum atomic E-state index is -4.46. The Kier molecular flexibility index (Phi) is 3.85. The van der Waals surface area contributed by atoms with Crippen LogP contribution in [0.2, 0.25) is 0 Å². The van der Waals surface area contributed by atoms with Crippen molar-refractivity contribution in [3.05, 3.63) is 29.8 Å². The lowest BCUT2D eigenvalue weighted by molar-refractivity contribution is -0.137. The van der Waals surface area contributed by atoms with Crippen LogP contribution in [0.3, 0.4) is 0 Å². The SMILES string of the molecule is CC1SCCN1S(=O)(=O)c1ccc(C(F)(F)F)cc1. The zero-order valence-electron chi connectivity index (χ0n) is 10.0. The van der Waals surface area contributed by atoms with Gasteiger partial charge in [-0.1, -0.05) is 0 Å². The first-order valence-electron chi connectivity index (χ1n) is 5.53. The molecule has 2 rings (SSSR count). The standard InChI is InChI=1S/C11H12F3NO2S2/c1-8-15(6-7-18-8)19(16,17)10-4-2-9(3-5-10)11(12,13)14/h2-5,8H,6-7H2,1H3. The van der Waals surface area contributed by atoms with Gasteiger partial charge in [-0.2, -0.15) is 17.5 Å².